The van der Waals surface area contributed by atoms with Gasteiger partial charge in [0.1, 0.15) is 0 Å². The third-order valence-corrected chi connectivity index (χ3v) is 7.10. The first kappa shape index (κ1) is 34.7. The minimum atomic E-state index is -1.26. The Bertz CT molecular complexity index is 1210. The third kappa shape index (κ3) is 13.4. The van der Waals surface area contributed by atoms with Gasteiger partial charge >= 0.3 is 23.9 Å². The highest BCUT2D eigenvalue weighted by Gasteiger charge is 2.27. The van der Waals surface area contributed by atoms with Crippen LogP contribution < -0.4 is 10.2 Å². The topological polar surface area (TPSA) is 185 Å². The number of carbonyl (C=O) groups is 5. The Morgan fingerprint density at radius 1 is 0.698 bits per heavy atom. The van der Waals surface area contributed by atoms with Crippen molar-refractivity contribution in [2.75, 3.05) is 37.6 Å². The maximum atomic E-state index is 13.0. The first-order chi connectivity index (χ1) is 20.6. The summed E-state index contributed by atoms with van der Waals surface area (Å²) in [5, 5.41) is 34.6. The molecule has 0 aromatic heterocycles. The third-order valence-electron chi connectivity index (χ3n) is 5.97. The zero-order valence-electron chi connectivity index (χ0n) is 23.4. The highest BCUT2D eigenvalue weighted by molar-refractivity contribution is 7.99. The molecule has 0 bridgehead atoms. The molecular formula is C30H35N3O9S. The Labute approximate surface area is 253 Å². The molecule has 2 heterocycles. The van der Waals surface area contributed by atoms with E-state index < -0.39 is 23.9 Å². The average molecular weight is 614 g/mol. The number of carboxylic acids is 4. The number of anilines is 2. The van der Waals surface area contributed by atoms with Gasteiger partial charge in [-0.25, -0.2) is 19.2 Å². The lowest BCUT2D eigenvalue weighted by Gasteiger charge is -2.31. The van der Waals surface area contributed by atoms with Crippen molar-refractivity contribution in [2.24, 2.45) is 0 Å². The molecule has 5 N–H and O–H groups in total. The number of fused-ring (bicyclic) bond motifs is 2. The van der Waals surface area contributed by atoms with E-state index in [-0.39, 0.29) is 5.91 Å². The summed E-state index contributed by atoms with van der Waals surface area (Å²) in [6.45, 7) is 4.85. The zero-order valence-corrected chi connectivity index (χ0v) is 24.2. The molecule has 2 aliphatic heterocycles. The van der Waals surface area contributed by atoms with Crippen LogP contribution in [-0.2, 0) is 24.0 Å². The number of rotatable bonds is 10. The summed E-state index contributed by atoms with van der Waals surface area (Å²) in [5.74, 6) is -4.92. The van der Waals surface area contributed by atoms with Crippen LogP contribution in [0.25, 0.3) is 0 Å². The Balaban J connectivity index is 0.000000334. The maximum Gasteiger partial charge on any atom is 0.328 e. The number of nitrogens with one attached hydrogen (secondary N) is 1. The van der Waals surface area contributed by atoms with Gasteiger partial charge in [0.05, 0.1) is 17.9 Å². The van der Waals surface area contributed by atoms with Gasteiger partial charge in [0, 0.05) is 34.1 Å². The van der Waals surface area contributed by atoms with E-state index in [9.17, 15) is 24.0 Å². The number of nitrogens with zero attached hydrogens (tertiary/aromatic N) is 2. The number of amides is 1. The zero-order chi connectivity index (χ0) is 31.6. The number of benzene rings is 2. The molecule has 0 radical (unpaired) electrons. The molecule has 1 fully saturated rings. The summed E-state index contributed by atoms with van der Waals surface area (Å²) < 4.78 is 0. The molecule has 0 aliphatic carbocycles. The Kier molecular flexibility index (Phi) is 15.2. The molecule has 0 unspecified atom stereocenters. The highest BCUT2D eigenvalue weighted by atomic mass is 32.2. The Morgan fingerprint density at radius 3 is 1.58 bits per heavy atom. The first-order valence-corrected chi connectivity index (χ1v) is 14.3. The van der Waals surface area contributed by atoms with Crippen LogP contribution in [0.4, 0.5) is 11.4 Å². The summed E-state index contributed by atoms with van der Waals surface area (Å²) in [6, 6.07) is 16.3. The number of piperidine rings is 1. The molecular weight excluding hydrogens is 578 g/mol. The van der Waals surface area contributed by atoms with Gasteiger partial charge in [0.25, 0.3) is 0 Å². The van der Waals surface area contributed by atoms with E-state index in [4.69, 9.17) is 20.4 Å². The van der Waals surface area contributed by atoms with Crippen molar-refractivity contribution >= 4 is 52.9 Å². The molecule has 230 valence electrons. The molecule has 1 saturated heterocycles. The number of carboxylic acid groups (broad SMARTS) is 4. The molecule has 0 atom stereocenters. The number of para-hydroxylation sites is 2. The van der Waals surface area contributed by atoms with Crippen molar-refractivity contribution in [3.8, 4) is 0 Å². The van der Waals surface area contributed by atoms with Gasteiger partial charge in [0.15, 0.2) is 0 Å². The summed E-state index contributed by atoms with van der Waals surface area (Å²) >= 11 is 1.73. The van der Waals surface area contributed by atoms with Gasteiger partial charge in [0.2, 0.25) is 5.91 Å². The van der Waals surface area contributed by atoms with Crippen LogP contribution in [0.3, 0.4) is 0 Å². The molecule has 1 amide bonds. The van der Waals surface area contributed by atoms with E-state index in [1.165, 1.54) is 32.4 Å². The molecule has 0 spiro atoms. The van der Waals surface area contributed by atoms with Crippen LogP contribution >= 0.6 is 11.8 Å². The van der Waals surface area contributed by atoms with Gasteiger partial charge in [-0.3, -0.25) is 9.69 Å². The first-order valence-electron chi connectivity index (χ1n) is 13.5. The SMILES string of the molecule is O=C(CNCCCN1CCCCC1)N1c2ccccc2Sc2ccccc21.O=C(O)/C=C\C(=O)O.O=C(O)/C=C\C(=O)O. The lowest BCUT2D eigenvalue weighted by molar-refractivity contribution is -0.134. The fourth-order valence-electron chi connectivity index (χ4n) is 4.14. The van der Waals surface area contributed by atoms with Gasteiger partial charge in [-0.15, -0.1) is 0 Å². The summed E-state index contributed by atoms with van der Waals surface area (Å²) in [7, 11) is 0. The molecule has 2 aromatic carbocycles. The molecule has 43 heavy (non-hydrogen) atoms. The van der Waals surface area contributed by atoms with E-state index in [1.54, 1.807) is 11.8 Å². The van der Waals surface area contributed by atoms with E-state index in [1.807, 2.05) is 41.3 Å². The molecule has 2 aromatic rings. The second-order valence-electron chi connectivity index (χ2n) is 9.22. The average Bonchev–Trinajstić information content (AvgIpc) is 2.98. The quantitative estimate of drug-likeness (QED) is 0.194. The van der Waals surface area contributed by atoms with Crippen LogP contribution in [0.15, 0.2) is 82.6 Å². The fraction of sp³-hybridized carbons (Fsp3) is 0.300. The molecule has 0 saturated carbocycles. The normalized spacial score (nSPS) is 14.0. The van der Waals surface area contributed by atoms with Crippen LogP contribution in [0.5, 0.6) is 0 Å². The van der Waals surface area contributed by atoms with Crippen molar-refractivity contribution in [2.45, 2.75) is 35.5 Å². The summed E-state index contributed by atoms with van der Waals surface area (Å²) in [4.78, 5) is 57.9. The van der Waals surface area contributed by atoms with Gasteiger partial charge in [-0.1, -0.05) is 42.4 Å². The molecule has 12 nitrogen and oxygen atoms in total. The van der Waals surface area contributed by atoms with Crippen molar-refractivity contribution in [3.63, 3.8) is 0 Å². The van der Waals surface area contributed by atoms with E-state index in [2.05, 4.69) is 22.3 Å². The van der Waals surface area contributed by atoms with Crippen LogP contribution in [0.1, 0.15) is 25.7 Å². The molecule has 13 heteroatoms. The Hall–Kier alpha value is -4.46. The van der Waals surface area contributed by atoms with Crippen LogP contribution in [-0.4, -0.2) is 87.8 Å². The molecule has 2 aliphatic rings. The Morgan fingerprint density at radius 2 is 1.14 bits per heavy atom. The minimum Gasteiger partial charge on any atom is -0.478 e. The van der Waals surface area contributed by atoms with Crippen LogP contribution in [0.2, 0.25) is 0 Å². The standard InChI is InChI=1S/C22H27N3OS.2C4H4O4/c26-22(17-23-13-8-16-24-14-6-1-7-15-24)25-18-9-2-4-11-20(18)27-21-12-5-3-10-19(21)25;2*5-3(6)1-2-4(7)8/h2-5,9-12,23H,1,6-8,13-17H2;2*1-2H,(H,5,6)(H,7,8)/b;2*2-1-. The predicted octanol–water partition coefficient (Wildman–Crippen LogP) is 3.71. The highest BCUT2D eigenvalue weighted by Crippen LogP contribution is 2.47. The second kappa shape index (κ2) is 18.9. The lowest BCUT2D eigenvalue weighted by atomic mass is 10.1. The molecule has 4 rings (SSSR count). The lowest BCUT2D eigenvalue weighted by Crippen LogP contribution is -2.38. The fourth-order valence-corrected chi connectivity index (χ4v) is 5.20. The largest absolute Gasteiger partial charge is 0.478 e. The number of likely N-dealkylation sites (tertiary alicyclic amines) is 1. The van der Waals surface area contributed by atoms with Crippen molar-refractivity contribution in [1.29, 1.82) is 0 Å². The van der Waals surface area contributed by atoms with Crippen molar-refractivity contribution < 1.29 is 44.4 Å². The van der Waals surface area contributed by atoms with Gasteiger partial charge < -0.3 is 30.6 Å². The van der Waals surface area contributed by atoms with Crippen molar-refractivity contribution in [1.82, 2.24) is 10.2 Å². The summed E-state index contributed by atoms with van der Waals surface area (Å²) in [5.41, 5.74) is 1.97. The summed E-state index contributed by atoms with van der Waals surface area (Å²) in [6.07, 6.45) is 7.36. The van der Waals surface area contributed by atoms with Crippen LogP contribution in [0, 0.1) is 0 Å². The predicted molar refractivity (Wildman–Crippen MR) is 161 cm³/mol. The van der Waals surface area contributed by atoms with Gasteiger partial charge in [-0.05, 0) is 69.7 Å². The number of hydrogen-bond acceptors (Lipinski definition) is 8. The minimum absolute atomic E-state index is 0.105. The van der Waals surface area contributed by atoms with Gasteiger partial charge in [-0.2, -0.15) is 0 Å². The number of carbonyl (C=O) groups excluding carboxylic acids is 1. The smallest absolute Gasteiger partial charge is 0.328 e. The number of aliphatic carboxylic acids is 4. The van der Waals surface area contributed by atoms with E-state index in [0.29, 0.717) is 30.8 Å². The number of hydrogen-bond donors (Lipinski definition) is 5. The maximum absolute atomic E-state index is 13.0. The van der Waals surface area contributed by atoms with Crippen molar-refractivity contribution in [3.05, 3.63) is 72.8 Å². The second-order valence-corrected chi connectivity index (χ2v) is 10.3. The van der Waals surface area contributed by atoms with E-state index >= 15 is 0 Å². The van der Waals surface area contributed by atoms with E-state index in [0.717, 1.165) is 40.7 Å². The monoisotopic (exact) mass is 613 g/mol.